The van der Waals surface area contributed by atoms with E-state index in [4.69, 9.17) is 19.7 Å². The van der Waals surface area contributed by atoms with Crippen molar-refractivity contribution in [2.45, 2.75) is 0 Å². The molecule has 2 N–H and O–H groups in total. The van der Waals surface area contributed by atoms with E-state index in [9.17, 15) is 9.59 Å². The molecule has 0 saturated heterocycles. The second kappa shape index (κ2) is 10.5. The van der Waals surface area contributed by atoms with Crippen LogP contribution in [0.25, 0.3) is 0 Å². The summed E-state index contributed by atoms with van der Waals surface area (Å²) in [7, 11) is 2.97. The van der Waals surface area contributed by atoms with Gasteiger partial charge >= 0.3 is 12.0 Å². The van der Waals surface area contributed by atoms with Crippen molar-refractivity contribution in [2.24, 2.45) is 0 Å². The highest BCUT2D eigenvalue weighted by Crippen LogP contribution is 2.00. The van der Waals surface area contributed by atoms with Crippen LogP contribution in [0, 0.1) is 0 Å². The second-order valence-corrected chi connectivity index (χ2v) is 3.79. The molecule has 0 unspecified atom stereocenters. The number of amides is 2. The molecule has 0 aromatic heterocycles. The molecule has 0 aromatic carbocycles. The van der Waals surface area contributed by atoms with Gasteiger partial charge in [0.05, 0.1) is 19.8 Å². The summed E-state index contributed by atoms with van der Waals surface area (Å²) in [5.74, 6) is -1.10. The number of aliphatic hydroxyl groups is 1. The summed E-state index contributed by atoms with van der Waals surface area (Å²) in [6.45, 7) is 0.561. The van der Waals surface area contributed by atoms with E-state index in [0.717, 1.165) is 4.90 Å². The Balaban J connectivity index is 4.62. The molecule has 0 aliphatic heterocycles. The van der Waals surface area contributed by atoms with Gasteiger partial charge in [0.25, 0.3) is 0 Å². The Morgan fingerprint density at radius 1 is 1.00 bits per heavy atom. The van der Waals surface area contributed by atoms with Gasteiger partial charge in [0, 0.05) is 33.9 Å². The van der Waals surface area contributed by atoms with Crippen LogP contribution in [0.15, 0.2) is 0 Å². The molecule has 0 aromatic rings. The number of carbonyl (C=O) groups excluding carboxylic acids is 1. The van der Waals surface area contributed by atoms with Crippen LogP contribution in [-0.2, 0) is 14.3 Å². The number of rotatable bonds is 10. The van der Waals surface area contributed by atoms with Crippen LogP contribution in [0.3, 0.4) is 0 Å². The number of aliphatic carboxylic acids is 1. The smallest absolute Gasteiger partial charge is 0.323 e. The van der Waals surface area contributed by atoms with Crippen molar-refractivity contribution in [1.82, 2.24) is 9.80 Å². The van der Waals surface area contributed by atoms with Gasteiger partial charge in [-0.3, -0.25) is 4.79 Å². The predicted molar refractivity (Wildman–Crippen MR) is 67.0 cm³/mol. The van der Waals surface area contributed by atoms with Gasteiger partial charge in [-0.15, -0.1) is 0 Å². The lowest BCUT2D eigenvalue weighted by molar-refractivity contribution is -0.137. The Morgan fingerprint density at radius 2 is 1.53 bits per heavy atom. The number of methoxy groups -OCH3 is 2. The van der Waals surface area contributed by atoms with Crippen molar-refractivity contribution in [2.75, 3.05) is 60.2 Å². The van der Waals surface area contributed by atoms with Gasteiger partial charge in [-0.25, -0.2) is 4.79 Å². The third-order valence-electron chi connectivity index (χ3n) is 2.37. The summed E-state index contributed by atoms with van der Waals surface area (Å²) in [4.78, 5) is 25.4. The lowest BCUT2D eigenvalue weighted by Crippen LogP contribution is -2.48. The molecule has 0 aliphatic rings. The van der Waals surface area contributed by atoms with Crippen molar-refractivity contribution in [3.63, 3.8) is 0 Å². The number of carboxylic acids is 1. The Labute approximate surface area is 112 Å². The minimum Gasteiger partial charge on any atom is -0.480 e. The van der Waals surface area contributed by atoms with Crippen LogP contribution in [0.5, 0.6) is 0 Å². The highest BCUT2D eigenvalue weighted by Gasteiger charge is 2.22. The summed E-state index contributed by atoms with van der Waals surface area (Å²) in [5.41, 5.74) is 0. The lowest BCUT2D eigenvalue weighted by Gasteiger charge is -2.29. The number of urea groups is 1. The molecule has 0 bridgehead atoms. The average molecular weight is 278 g/mol. The van der Waals surface area contributed by atoms with Crippen LogP contribution >= 0.6 is 0 Å². The molecule has 19 heavy (non-hydrogen) atoms. The van der Waals surface area contributed by atoms with Crippen LogP contribution in [0.1, 0.15) is 0 Å². The van der Waals surface area contributed by atoms with E-state index in [0.29, 0.717) is 13.2 Å². The monoisotopic (exact) mass is 278 g/mol. The molecule has 0 aliphatic carbocycles. The maximum Gasteiger partial charge on any atom is 0.323 e. The minimum absolute atomic E-state index is 0.130. The van der Waals surface area contributed by atoms with Gasteiger partial charge in [0.2, 0.25) is 0 Å². The fraction of sp³-hybridized carbons (Fsp3) is 0.818. The van der Waals surface area contributed by atoms with E-state index in [1.807, 2.05) is 0 Å². The zero-order valence-electron chi connectivity index (χ0n) is 11.4. The number of hydrogen-bond acceptors (Lipinski definition) is 5. The van der Waals surface area contributed by atoms with Gasteiger partial charge in [-0.2, -0.15) is 0 Å². The van der Waals surface area contributed by atoms with Crippen LogP contribution in [0.2, 0.25) is 0 Å². The Bertz CT molecular complexity index is 274. The van der Waals surface area contributed by atoms with E-state index < -0.39 is 18.5 Å². The first-order valence-electron chi connectivity index (χ1n) is 5.91. The van der Waals surface area contributed by atoms with Crippen LogP contribution < -0.4 is 0 Å². The highest BCUT2D eigenvalue weighted by atomic mass is 16.5. The van der Waals surface area contributed by atoms with Crippen molar-refractivity contribution in [1.29, 1.82) is 0 Å². The Kier molecular flexibility index (Phi) is 9.77. The molecule has 0 heterocycles. The quantitative estimate of drug-likeness (QED) is 0.536. The zero-order chi connectivity index (χ0) is 14.7. The second-order valence-electron chi connectivity index (χ2n) is 3.79. The molecule has 8 nitrogen and oxygen atoms in total. The van der Waals surface area contributed by atoms with Crippen molar-refractivity contribution < 1.29 is 29.3 Å². The molecule has 0 saturated carbocycles. The molecular weight excluding hydrogens is 256 g/mol. The maximum atomic E-state index is 12.1. The number of aliphatic hydroxyl groups excluding tert-OH is 1. The van der Waals surface area contributed by atoms with Gasteiger partial charge in [-0.1, -0.05) is 0 Å². The standard InChI is InChI=1S/C11H22N2O6/c1-18-7-4-12(3-6-14)11(17)13(5-8-19-2)9-10(15)16/h14H,3-9H2,1-2H3,(H,15,16). The van der Waals surface area contributed by atoms with E-state index in [1.165, 1.54) is 19.1 Å². The Hall–Kier alpha value is -1.38. The SMILES string of the molecule is COCCN(CCO)C(=O)N(CCOC)CC(=O)O. The number of carboxylic acid groups (broad SMARTS) is 1. The summed E-state index contributed by atoms with van der Waals surface area (Å²) in [5, 5.41) is 17.7. The molecule has 112 valence electrons. The van der Waals surface area contributed by atoms with E-state index in [1.54, 1.807) is 0 Å². The van der Waals surface area contributed by atoms with E-state index >= 15 is 0 Å². The average Bonchev–Trinajstić information content (AvgIpc) is 2.38. The van der Waals surface area contributed by atoms with E-state index in [2.05, 4.69) is 0 Å². The number of nitrogens with zero attached hydrogens (tertiary/aromatic N) is 2. The summed E-state index contributed by atoms with van der Waals surface area (Å²) in [6.07, 6.45) is 0. The van der Waals surface area contributed by atoms with Gasteiger partial charge in [0.15, 0.2) is 0 Å². The summed E-state index contributed by atoms with van der Waals surface area (Å²) >= 11 is 0. The van der Waals surface area contributed by atoms with Crippen LogP contribution in [-0.4, -0.2) is 92.2 Å². The molecule has 0 atom stereocenters. The summed E-state index contributed by atoms with van der Waals surface area (Å²) < 4.78 is 9.72. The predicted octanol–water partition coefficient (Wildman–Crippen LogP) is -0.920. The number of ether oxygens (including phenoxy) is 2. The molecule has 8 heteroatoms. The third-order valence-corrected chi connectivity index (χ3v) is 2.37. The molecule has 0 radical (unpaired) electrons. The first-order chi connectivity index (χ1) is 9.06. The van der Waals surface area contributed by atoms with Crippen LogP contribution in [0.4, 0.5) is 4.79 Å². The molecule has 0 rings (SSSR count). The van der Waals surface area contributed by atoms with Crippen molar-refractivity contribution in [3.05, 3.63) is 0 Å². The molecule has 0 fully saturated rings. The molecule has 2 amide bonds. The topological polar surface area (TPSA) is 99.5 Å². The zero-order valence-corrected chi connectivity index (χ0v) is 11.4. The molecule has 0 spiro atoms. The minimum atomic E-state index is -1.10. The lowest BCUT2D eigenvalue weighted by atomic mass is 10.4. The van der Waals surface area contributed by atoms with Gasteiger partial charge in [-0.05, 0) is 0 Å². The first-order valence-corrected chi connectivity index (χ1v) is 5.91. The normalized spacial score (nSPS) is 10.3. The summed E-state index contributed by atoms with van der Waals surface area (Å²) in [6, 6.07) is -0.453. The fourth-order valence-corrected chi connectivity index (χ4v) is 1.43. The molecular formula is C11H22N2O6. The Morgan fingerprint density at radius 3 is 1.95 bits per heavy atom. The first kappa shape index (κ1) is 17.6. The third kappa shape index (κ3) is 7.60. The highest BCUT2D eigenvalue weighted by molar-refractivity contribution is 5.80. The van der Waals surface area contributed by atoms with Gasteiger partial charge in [0.1, 0.15) is 6.54 Å². The number of carbonyl (C=O) groups is 2. The largest absolute Gasteiger partial charge is 0.480 e. The van der Waals surface area contributed by atoms with Crippen molar-refractivity contribution >= 4 is 12.0 Å². The fourth-order valence-electron chi connectivity index (χ4n) is 1.43. The number of hydrogen-bond donors (Lipinski definition) is 2. The van der Waals surface area contributed by atoms with Gasteiger partial charge < -0.3 is 29.5 Å². The van der Waals surface area contributed by atoms with E-state index in [-0.39, 0.29) is 26.3 Å². The maximum absolute atomic E-state index is 12.1. The van der Waals surface area contributed by atoms with Crippen molar-refractivity contribution in [3.8, 4) is 0 Å².